The smallest absolute Gasteiger partial charge is 0.306 e. The molecule has 0 aliphatic heterocycles. The second kappa shape index (κ2) is 63.3. The summed E-state index contributed by atoms with van der Waals surface area (Å²) in [6.07, 6.45) is 93.5. The molecular weight excluding hydrogens is 949 g/mol. The van der Waals surface area contributed by atoms with Crippen molar-refractivity contribution in [2.24, 2.45) is 0 Å². The maximum atomic E-state index is 12.9. The van der Waals surface area contributed by atoms with Crippen molar-refractivity contribution in [2.45, 2.75) is 245 Å². The van der Waals surface area contributed by atoms with Gasteiger partial charge in [-0.15, -0.1) is 0 Å². The fourth-order valence-corrected chi connectivity index (χ4v) is 7.72. The molecule has 0 saturated heterocycles. The number of esters is 3. The standard InChI is InChI=1S/C71H110O6/c1-4-7-10-13-16-19-22-25-27-29-31-33-35-37-39-41-43-46-49-52-55-58-61-64-70(73)76-67-68(66-75-69(72)63-60-57-54-51-48-45-24-21-18-15-12-9-6-3)77-71(74)65-62-59-56-53-50-47-44-42-40-38-36-34-32-30-28-26-23-20-17-14-11-8-5-2/h7-12,16-21,25-28,31-34,37-40,43,45-46,48,68H,4-6,13-15,22-24,29-30,35-36,41-42,44,47,49-67H2,1-3H3/b10-7-,11-8-,12-9-,19-16-,20-17-,21-18-,27-25-,28-26-,33-31-,34-32-,39-37-,40-38-,46-43-,48-45-. The second-order valence-corrected chi connectivity index (χ2v) is 19.5. The summed E-state index contributed by atoms with van der Waals surface area (Å²) in [7, 11) is 0. The van der Waals surface area contributed by atoms with E-state index in [1.165, 1.54) is 19.3 Å². The Morgan fingerprint density at radius 2 is 0.468 bits per heavy atom. The molecule has 0 rings (SSSR count). The van der Waals surface area contributed by atoms with Gasteiger partial charge in [-0.05, 0) is 148 Å². The fraction of sp³-hybridized carbons (Fsp3) is 0.563. The first-order valence-electron chi connectivity index (χ1n) is 30.6. The molecule has 0 aliphatic rings. The Balaban J connectivity index is 4.49. The van der Waals surface area contributed by atoms with Gasteiger partial charge in [0.1, 0.15) is 13.2 Å². The molecule has 0 spiro atoms. The zero-order valence-corrected chi connectivity index (χ0v) is 49.1. The van der Waals surface area contributed by atoms with Crippen LogP contribution in [0.2, 0.25) is 0 Å². The molecule has 1 atom stereocenters. The van der Waals surface area contributed by atoms with Gasteiger partial charge in [-0.1, -0.05) is 242 Å². The van der Waals surface area contributed by atoms with Crippen LogP contribution in [0.4, 0.5) is 0 Å². The number of allylic oxidation sites excluding steroid dienone is 28. The minimum absolute atomic E-state index is 0.114. The lowest BCUT2D eigenvalue weighted by molar-refractivity contribution is -0.167. The number of carbonyl (C=O) groups excluding carboxylic acids is 3. The van der Waals surface area contributed by atoms with Crippen molar-refractivity contribution in [2.75, 3.05) is 13.2 Å². The van der Waals surface area contributed by atoms with Gasteiger partial charge in [0, 0.05) is 19.3 Å². The predicted octanol–water partition coefficient (Wildman–Crippen LogP) is 21.1. The van der Waals surface area contributed by atoms with Crippen LogP contribution >= 0.6 is 0 Å². The van der Waals surface area contributed by atoms with Gasteiger partial charge in [0.25, 0.3) is 0 Å². The molecule has 0 amide bonds. The van der Waals surface area contributed by atoms with E-state index in [9.17, 15) is 14.4 Å². The lowest BCUT2D eigenvalue weighted by atomic mass is 10.1. The summed E-state index contributed by atoms with van der Waals surface area (Å²) in [5.41, 5.74) is 0. The monoisotopic (exact) mass is 1060 g/mol. The summed E-state index contributed by atoms with van der Waals surface area (Å²) in [6, 6.07) is 0. The number of unbranched alkanes of at least 4 members (excludes halogenated alkanes) is 14. The van der Waals surface area contributed by atoms with E-state index in [1.54, 1.807) is 0 Å². The Labute approximate surface area is 472 Å². The molecule has 6 nitrogen and oxygen atoms in total. The third-order valence-corrected chi connectivity index (χ3v) is 12.2. The van der Waals surface area contributed by atoms with Crippen molar-refractivity contribution in [3.05, 3.63) is 170 Å². The van der Waals surface area contributed by atoms with E-state index >= 15 is 0 Å². The average Bonchev–Trinajstić information content (AvgIpc) is 3.43. The van der Waals surface area contributed by atoms with Crippen LogP contribution in [0.25, 0.3) is 0 Å². The Morgan fingerprint density at radius 3 is 0.740 bits per heavy atom. The van der Waals surface area contributed by atoms with Gasteiger partial charge >= 0.3 is 17.9 Å². The molecule has 0 aromatic carbocycles. The van der Waals surface area contributed by atoms with Gasteiger partial charge < -0.3 is 14.2 Å². The van der Waals surface area contributed by atoms with Crippen molar-refractivity contribution in [1.82, 2.24) is 0 Å². The molecule has 0 aromatic heterocycles. The summed E-state index contributed by atoms with van der Waals surface area (Å²) in [5.74, 6) is -0.985. The first-order chi connectivity index (χ1) is 38.0. The van der Waals surface area contributed by atoms with Crippen LogP contribution in [0.3, 0.4) is 0 Å². The maximum absolute atomic E-state index is 12.9. The molecule has 0 heterocycles. The summed E-state index contributed by atoms with van der Waals surface area (Å²) in [6.45, 7) is 6.23. The third-order valence-electron chi connectivity index (χ3n) is 12.2. The van der Waals surface area contributed by atoms with Gasteiger partial charge in [-0.2, -0.15) is 0 Å². The first kappa shape index (κ1) is 71.8. The van der Waals surface area contributed by atoms with Crippen molar-refractivity contribution in [3.63, 3.8) is 0 Å². The molecule has 0 fully saturated rings. The van der Waals surface area contributed by atoms with Gasteiger partial charge in [0.2, 0.25) is 0 Å². The minimum Gasteiger partial charge on any atom is -0.462 e. The lowest BCUT2D eigenvalue weighted by Gasteiger charge is -2.18. The first-order valence-corrected chi connectivity index (χ1v) is 30.6. The Bertz CT molecular complexity index is 1790. The molecule has 0 bridgehead atoms. The van der Waals surface area contributed by atoms with Gasteiger partial charge in [0.05, 0.1) is 0 Å². The highest BCUT2D eigenvalue weighted by Gasteiger charge is 2.19. The van der Waals surface area contributed by atoms with Crippen LogP contribution in [0.15, 0.2) is 170 Å². The van der Waals surface area contributed by atoms with E-state index < -0.39 is 6.10 Å². The van der Waals surface area contributed by atoms with E-state index in [-0.39, 0.29) is 31.1 Å². The maximum Gasteiger partial charge on any atom is 0.306 e. The van der Waals surface area contributed by atoms with Crippen LogP contribution in [0, 0.1) is 0 Å². The topological polar surface area (TPSA) is 78.9 Å². The molecule has 6 heteroatoms. The highest BCUT2D eigenvalue weighted by atomic mass is 16.6. The second-order valence-electron chi connectivity index (χ2n) is 19.5. The van der Waals surface area contributed by atoms with Crippen LogP contribution in [0.1, 0.15) is 239 Å². The summed E-state index contributed by atoms with van der Waals surface area (Å²) in [4.78, 5) is 38.3. The van der Waals surface area contributed by atoms with E-state index in [0.29, 0.717) is 19.3 Å². The van der Waals surface area contributed by atoms with Crippen molar-refractivity contribution in [1.29, 1.82) is 0 Å². The van der Waals surface area contributed by atoms with E-state index in [2.05, 4.69) is 191 Å². The van der Waals surface area contributed by atoms with Gasteiger partial charge in [0.15, 0.2) is 6.10 Å². The van der Waals surface area contributed by atoms with Crippen LogP contribution in [0.5, 0.6) is 0 Å². The predicted molar refractivity (Wildman–Crippen MR) is 334 cm³/mol. The zero-order chi connectivity index (χ0) is 55.7. The van der Waals surface area contributed by atoms with Gasteiger partial charge in [-0.3, -0.25) is 14.4 Å². The van der Waals surface area contributed by atoms with Crippen LogP contribution in [-0.4, -0.2) is 37.2 Å². The Morgan fingerprint density at radius 1 is 0.260 bits per heavy atom. The van der Waals surface area contributed by atoms with Crippen molar-refractivity contribution < 1.29 is 28.6 Å². The molecule has 0 saturated carbocycles. The summed E-state index contributed by atoms with van der Waals surface area (Å²) in [5, 5.41) is 0. The molecule has 0 aliphatic carbocycles. The molecule has 77 heavy (non-hydrogen) atoms. The van der Waals surface area contributed by atoms with E-state index in [1.807, 2.05) is 0 Å². The highest BCUT2D eigenvalue weighted by molar-refractivity contribution is 5.71. The largest absolute Gasteiger partial charge is 0.462 e. The Kier molecular flexibility index (Phi) is 59.0. The number of hydrogen-bond acceptors (Lipinski definition) is 6. The third kappa shape index (κ3) is 61.5. The molecule has 0 radical (unpaired) electrons. The average molecular weight is 1060 g/mol. The van der Waals surface area contributed by atoms with Gasteiger partial charge in [-0.25, -0.2) is 0 Å². The summed E-state index contributed by atoms with van der Waals surface area (Å²) < 4.78 is 16.8. The molecule has 430 valence electrons. The van der Waals surface area contributed by atoms with E-state index in [4.69, 9.17) is 14.2 Å². The Hall–Kier alpha value is -5.23. The molecule has 1 unspecified atom stereocenters. The van der Waals surface area contributed by atoms with Crippen LogP contribution < -0.4 is 0 Å². The number of rotatable bonds is 53. The fourth-order valence-electron chi connectivity index (χ4n) is 7.72. The van der Waals surface area contributed by atoms with Crippen molar-refractivity contribution in [3.8, 4) is 0 Å². The normalized spacial score (nSPS) is 13.3. The quantitative estimate of drug-likeness (QED) is 0.0261. The molecular formula is C71H110O6. The lowest BCUT2D eigenvalue weighted by Crippen LogP contribution is -2.30. The zero-order valence-electron chi connectivity index (χ0n) is 49.1. The number of carbonyl (C=O) groups is 3. The minimum atomic E-state index is -0.818. The van der Waals surface area contributed by atoms with Crippen molar-refractivity contribution >= 4 is 17.9 Å². The summed E-state index contributed by atoms with van der Waals surface area (Å²) >= 11 is 0. The van der Waals surface area contributed by atoms with E-state index in [0.717, 1.165) is 180 Å². The number of hydrogen-bond donors (Lipinski definition) is 0. The molecule has 0 aromatic rings. The highest BCUT2D eigenvalue weighted by Crippen LogP contribution is 2.13. The molecule has 0 N–H and O–H groups in total. The number of ether oxygens (including phenoxy) is 3. The SMILES string of the molecule is CC/C=C\C/C=C\C/C=C\C/C=C\C/C=C\C/C=C\CCCCCCC(=O)OCC(COC(=O)CCCCC/C=C\C/C=C\C/C=C\CC)OC(=O)CCCCCCCCC/C=C\C/C=C\C/C=C\C/C=C\C/C=C\CC. The van der Waals surface area contributed by atoms with Crippen LogP contribution in [-0.2, 0) is 28.6 Å².